The number of amides is 1. The summed E-state index contributed by atoms with van der Waals surface area (Å²) in [6.45, 7) is 2.16. The number of carbonyl (C=O) groups excluding carboxylic acids is 1. The molecule has 2 aliphatic rings. The van der Waals surface area contributed by atoms with Gasteiger partial charge in [-0.1, -0.05) is 61.2 Å². The van der Waals surface area contributed by atoms with Crippen LogP contribution < -0.4 is 10.6 Å². The second kappa shape index (κ2) is 12.1. The van der Waals surface area contributed by atoms with Crippen molar-refractivity contribution in [1.82, 2.24) is 15.5 Å². The monoisotopic (exact) mass is 496 g/mol. The summed E-state index contributed by atoms with van der Waals surface area (Å²) < 4.78 is 0. The Labute approximate surface area is 186 Å². The lowest BCUT2D eigenvalue weighted by Gasteiger charge is -2.31. The number of piperidine rings is 1. The summed E-state index contributed by atoms with van der Waals surface area (Å²) in [5, 5.41) is 6.39. The van der Waals surface area contributed by atoms with E-state index < -0.39 is 0 Å². The predicted octanol–water partition coefficient (Wildman–Crippen LogP) is 3.81. The Morgan fingerprint density at radius 1 is 1.14 bits per heavy atom. The van der Waals surface area contributed by atoms with Crippen LogP contribution in [0.25, 0.3) is 6.08 Å². The van der Waals surface area contributed by atoms with Gasteiger partial charge >= 0.3 is 0 Å². The van der Waals surface area contributed by atoms with E-state index >= 15 is 0 Å². The van der Waals surface area contributed by atoms with E-state index in [-0.39, 0.29) is 29.9 Å². The van der Waals surface area contributed by atoms with Crippen LogP contribution in [0.1, 0.15) is 50.5 Å². The third-order valence-electron chi connectivity index (χ3n) is 5.46. The van der Waals surface area contributed by atoms with E-state index in [1.165, 1.54) is 30.4 Å². The highest BCUT2D eigenvalue weighted by Gasteiger charge is 2.19. The van der Waals surface area contributed by atoms with Crippen LogP contribution in [0.2, 0.25) is 0 Å². The Bertz CT molecular complexity index is 658. The van der Waals surface area contributed by atoms with Crippen molar-refractivity contribution < 1.29 is 4.79 Å². The fraction of sp³-hybridized carbons (Fsp3) is 0.545. The number of halogens is 1. The molecule has 0 aromatic heterocycles. The van der Waals surface area contributed by atoms with Crippen LogP contribution in [0.15, 0.2) is 40.9 Å². The van der Waals surface area contributed by atoms with Gasteiger partial charge in [0.1, 0.15) is 0 Å². The van der Waals surface area contributed by atoms with Gasteiger partial charge in [-0.25, -0.2) is 0 Å². The molecular weight excluding hydrogens is 463 g/mol. The lowest BCUT2D eigenvalue weighted by molar-refractivity contribution is -0.120. The van der Waals surface area contributed by atoms with Gasteiger partial charge in [0.2, 0.25) is 5.91 Å². The fourth-order valence-electron chi connectivity index (χ4n) is 3.95. The molecule has 1 aromatic carbocycles. The first-order valence-corrected chi connectivity index (χ1v) is 10.2. The van der Waals surface area contributed by atoms with Crippen molar-refractivity contribution in [2.24, 2.45) is 4.99 Å². The first-order chi connectivity index (χ1) is 13.2. The minimum atomic E-state index is 0. The smallest absolute Gasteiger partial charge is 0.239 e. The zero-order valence-corrected chi connectivity index (χ0v) is 19.2. The Morgan fingerprint density at radius 2 is 1.82 bits per heavy atom. The zero-order valence-electron chi connectivity index (χ0n) is 16.8. The Balaban J connectivity index is 0.00000280. The largest absolute Gasteiger partial charge is 0.352 e. The van der Waals surface area contributed by atoms with E-state index in [2.05, 4.69) is 50.9 Å². The first kappa shape index (κ1) is 22.7. The van der Waals surface area contributed by atoms with Crippen molar-refractivity contribution in [2.45, 2.75) is 51.0 Å². The third-order valence-corrected chi connectivity index (χ3v) is 5.46. The van der Waals surface area contributed by atoms with Crippen molar-refractivity contribution in [2.75, 3.05) is 26.7 Å². The lowest BCUT2D eigenvalue weighted by atomic mass is 9.95. The highest BCUT2D eigenvalue weighted by Crippen LogP contribution is 2.19. The first-order valence-electron chi connectivity index (χ1n) is 10.2. The number of rotatable bonds is 4. The zero-order chi connectivity index (χ0) is 18.9. The number of guanidine groups is 1. The number of likely N-dealkylation sites (tertiary alicyclic amines) is 1. The summed E-state index contributed by atoms with van der Waals surface area (Å²) in [6, 6.07) is 10.8. The minimum Gasteiger partial charge on any atom is -0.352 e. The van der Waals surface area contributed by atoms with Crippen LogP contribution in [0.5, 0.6) is 0 Å². The Kier molecular flexibility index (Phi) is 9.81. The summed E-state index contributed by atoms with van der Waals surface area (Å²) in [5.41, 5.74) is 2.74. The van der Waals surface area contributed by atoms with Crippen molar-refractivity contribution in [3.8, 4) is 0 Å². The lowest BCUT2D eigenvalue weighted by Crippen LogP contribution is -2.48. The van der Waals surface area contributed by atoms with Gasteiger partial charge in [-0.05, 0) is 31.2 Å². The molecule has 1 aliphatic carbocycles. The maximum Gasteiger partial charge on any atom is 0.239 e. The maximum absolute atomic E-state index is 12.2. The Hall–Kier alpha value is -1.57. The molecule has 1 heterocycles. The molecule has 0 atom stereocenters. The minimum absolute atomic E-state index is 0. The number of carbonyl (C=O) groups is 1. The molecule has 6 heteroatoms. The number of hydrogen-bond donors (Lipinski definition) is 2. The van der Waals surface area contributed by atoms with E-state index in [1.54, 1.807) is 7.05 Å². The van der Waals surface area contributed by atoms with Gasteiger partial charge in [0.15, 0.2) is 5.96 Å². The molecule has 1 aromatic rings. The van der Waals surface area contributed by atoms with Gasteiger partial charge in [-0.15, -0.1) is 24.0 Å². The average molecular weight is 496 g/mol. The summed E-state index contributed by atoms with van der Waals surface area (Å²) >= 11 is 0. The summed E-state index contributed by atoms with van der Waals surface area (Å²) in [6.07, 6.45) is 10.3. The van der Waals surface area contributed by atoms with Crippen molar-refractivity contribution in [1.29, 1.82) is 0 Å². The molecule has 0 unspecified atom stereocenters. The second-order valence-electron chi connectivity index (χ2n) is 7.50. The maximum atomic E-state index is 12.2. The fourth-order valence-corrected chi connectivity index (χ4v) is 3.95. The molecule has 3 rings (SSSR count). The average Bonchev–Trinajstić information content (AvgIpc) is 2.71. The molecule has 0 radical (unpaired) electrons. The summed E-state index contributed by atoms with van der Waals surface area (Å²) in [5.74, 6) is 0.900. The van der Waals surface area contributed by atoms with E-state index in [0.29, 0.717) is 12.6 Å². The van der Waals surface area contributed by atoms with Gasteiger partial charge < -0.3 is 15.5 Å². The third kappa shape index (κ3) is 7.11. The van der Waals surface area contributed by atoms with E-state index in [9.17, 15) is 4.79 Å². The van der Waals surface area contributed by atoms with Gasteiger partial charge in [-0.3, -0.25) is 9.79 Å². The van der Waals surface area contributed by atoms with Crippen molar-refractivity contribution in [3.05, 3.63) is 41.5 Å². The molecular formula is C22H33IN4O. The molecule has 2 N–H and O–H groups in total. The van der Waals surface area contributed by atoms with Crippen LogP contribution in [0.4, 0.5) is 0 Å². The number of nitrogens with zero attached hydrogens (tertiary/aromatic N) is 2. The molecule has 1 saturated heterocycles. The van der Waals surface area contributed by atoms with E-state index in [1.807, 2.05) is 6.07 Å². The summed E-state index contributed by atoms with van der Waals surface area (Å²) in [4.78, 5) is 18.8. The van der Waals surface area contributed by atoms with Crippen LogP contribution in [-0.4, -0.2) is 49.5 Å². The normalized spacial score (nSPS) is 18.2. The highest BCUT2D eigenvalue weighted by atomic mass is 127. The van der Waals surface area contributed by atoms with Crippen LogP contribution in [-0.2, 0) is 4.79 Å². The molecule has 1 amide bonds. The number of benzene rings is 1. The summed E-state index contributed by atoms with van der Waals surface area (Å²) in [7, 11) is 1.79. The van der Waals surface area contributed by atoms with Crippen LogP contribution >= 0.6 is 24.0 Å². The van der Waals surface area contributed by atoms with Gasteiger partial charge in [0, 0.05) is 26.2 Å². The van der Waals surface area contributed by atoms with E-state index in [0.717, 1.165) is 44.7 Å². The molecule has 2 fully saturated rings. The number of hydrogen-bond acceptors (Lipinski definition) is 2. The van der Waals surface area contributed by atoms with Gasteiger partial charge in [0.25, 0.3) is 0 Å². The SMILES string of the molecule is CN=C(NCC(=O)NC1CCCCC1)N1CCC(=Cc2ccccc2)CC1.I. The van der Waals surface area contributed by atoms with Crippen molar-refractivity contribution in [3.63, 3.8) is 0 Å². The number of aliphatic imine (C=N–C) groups is 1. The molecule has 154 valence electrons. The molecule has 28 heavy (non-hydrogen) atoms. The molecule has 5 nitrogen and oxygen atoms in total. The van der Waals surface area contributed by atoms with Crippen LogP contribution in [0, 0.1) is 0 Å². The Morgan fingerprint density at radius 3 is 2.46 bits per heavy atom. The molecule has 0 spiro atoms. The topological polar surface area (TPSA) is 56.7 Å². The predicted molar refractivity (Wildman–Crippen MR) is 127 cm³/mol. The highest BCUT2D eigenvalue weighted by molar-refractivity contribution is 14.0. The van der Waals surface area contributed by atoms with Gasteiger partial charge in [-0.2, -0.15) is 0 Å². The standard InChI is InChI=1S/C22H32N4O.HI/c1-23-22(24-17-21(27)25-20-10-6-3-7-11-20)26-14-12-19(13-15-26)16-18-8-4-2-5-9-18;/h2,4-5,8-9,16,20H,3,6-7,10-15,17H2,1H3,(H,23,24)(H,25,27);1H. The van der Waals surface area contributed by atoms with Crippen LogP contribution in [0.3, 0.4) is 0 Å². The molecule has 0 bridgehead atoms. The second-order valence-corrected chi connectivity index (χ2v) is 7.50. The molecule has 1 aliphatic heterocycles. The van der Waals surface area contributed by atoms with Crippen molar-refractivity contribution >= 4 is 41.9 Å². The number of nitrogens with one attached hydrogen (secondary N) is 2. The van der Waals surface area contributed by atoms with Gasteiger partial charge in [0.05, 0.1) is 6.54 Å². The quantitative estimate of drug-likeness (QED) is 0.379. The molecule has 1 saturated carbocycles. The van der Waals surface area contributed by atoms with E-state index in [4.69, 9.17) is 0 Å².